The Morgan fingerprint density at radius 1 is 1.25 bits per heavy atom. The van der Waals surface area contributed by atoms with Crippen molar-refractivity contribution in [2.45, 2.75) is 25.4 Å². The van der Waals surface area contributed by atoms with Gasteiger partial charge in [-0.1, -0.05) is 30.3 Å². The molecule has 2 atom stereocenters. The SMILES string of the molecule is C[C@H]1OCC[C@H]1c1ccccc1. The molecule has 1 heteroatoms. The highest BCUT2D eigenvalue weighted by molar-refractivity contribution is 5.21. The van der Waals surface area contributed by atoms with Gasteiger partial charge in [-0.2, -0.15) is 0 Å². The van der Waals surface area contributed by atoms with Gasteiger partial charge >= 0.3 is 0 Å². The molecule has 0 spiro atoms. The molecule has 0 aliphatic carbocycles. The van der Waals surface area contributed by atoms with Gasteiger partial charge in [0.25, 0.3) is 0 Å². The van der Waals surface area contributed by atoms with E-state index in [0.717, 1.165) is 6.61 Å². The monoisotopic (exact) mass is 162 g/mol. The van der Waals surface area contributed by atoms with E-state index in [0.29, 0.717) is 12.0 Å². The second kappa shape index (κ2) is 3.28. The smallest absolute Gasteiger partial charge is 0.0616 e. The van der Waals surface area contributed by atoms with Crippen molar-refractivity contribution in [3.05, 3.63) is 35.9 Å². The van der Waals surface area contributed by atoms with E-state index in [2.05, 4.69) is 37.3 Å². The Labute approximate surface area is 73.4 Å². The maximum Gasteiger partial charge on any atom is 0.0616 e. The summed E-state index contributed by atoms with van der Waals surface area (Å²) in [5, 5.41) is 0. The number of rotatable bonds is 1. The molecule has 0 aromatic heterocycles. The minimum atomic E-state index is 0.396. The lowest BCUT2D eigenvalue weighted by atomic mass is 9.94. The van der Waals surface area contributed by atoms with E-state index < -0.39 is 0 Å². The Bertz CT molecular complexity index is 242. The summed E-state index contributed by atoms with van der Waals surface area (Å²) < 4.78 is 5.52. The van der Waals surface area contributed by atoms with Crippen LogP contribution in [0.4, 0.5) is 0 Å². The summed E-state index contributed by atoms with van der Waals surface area (Å²) >= 11 is 0. The molecule has 0 saturated carbocycles. The molecule has 64 valence electrons. The fourth-order valence-electron chi connectivity index (χ4n) is 1.87. The summed E-state index contributed by atoms with van der Waals surface area (Å²) in [6, 6.07) is 10.6. The summed E-state index contributed by atoms with van der Waals surface area (Å²) in [5.41, 5.74) is 1.42. The molecular weight excluding hydrogens is 148 g/mol. The molecule has 0 radical (unpaired) electrons. The minimum absolute atomic E-state index is 0.396. The average Bonchev–Trinajstić information content (AvgIpc) is 2.53. The standard InChI is InChI=1S/C11H14O/c1-9-11(7-8-12-9)10-5-3-2-4-6-10/h2-6,9,11H,7-8H2,1H3/t9-,11-/m1/s1. The Morgan fingerprint density at radius 3 is 2.58 bits per heavy atom. The molecule has 1 aromatic rings. The van der Waals surface area contributed by atoms with Crippen molar-refractivity contribution in [3.8, 4) is 0 Å². The Kier molecular flexibility index (Phi) is 2.13. The first-order chi connectivity index (χ1) is 5.88. The first-order valence-electron chi connectivity index (χ1n) is 4.54. The van der Waals surface area contributed by atoms with Crippen LogP contribution < -0.4 is 0 Å². The van der Waals surface area contributed by atoms with Crippen LogP contribution >= 0.6 is 0 Å². The third kappa shape index (κ3) is 1.37. The molecule has 2 rings (SSSR count). The van der Waals surface area contributed by atoms with Crippen LogP contribution in [0.25, 0.3) is 0 Å². The highest BCUT2D eigenvalue weighted by atomic mass is 16.5. The molecule has 1 nitrogen and oxygen atoms in total. The highest BCUT2D eigenvalue weighted by Crippen LogP contribution is 2.30. The summed E-state index contributed by atoms with van der Waals surface area (Å²) in [6.45, 7) is 3.07. The first kappa shape index (κ1) is 7.81. The van der Waals surface area contributed by atoms with Crippen molar-refractivity contribution < 1.29 is 4.74 Å². The van der Waals surface area contributed by atoms with E-state index in [9.17, 15) is 0 Å². The van der Waals surface area contributed by atoms with Gasteiger partial charge in [-0.15, -0.1) is 0 Å². The zero-order valence-electron chi connectivity index (χ0n) is 7.36. The third-order valence-corrected chi connectivity index (χ3v) is 2.60. The summed E-state index contributed by atoms with van der Waals surface area (Å²) in [4.78, 5) is 0. The predicted molar refractivity (Wildman–Crippen MR) is 49.2 cm³/mol. The molecule has 12 heavy (non-hydrogen) atoms. The largest absolute Gasteiger partial charge is 0.378 e. The highest BCUT2D eigenvalue weighted by Gasteiger charge is 2.24. The zero-order chi connectivity index (χ0) is 8.39. The fourth-order valence-corrected chi connectivity index (χ4v) is 1.87. The van der Waals surface area contributed by atoms with Crippen molar-refractivity contribution in [3.63, 3.8) is 0 Å². The molecule has 0 bridgehead atoms. The van der Waals surface area contributed by atoms with Crippen molar-refractivity contribution in [2.24, 2.45) is 0 Å². The number of benzene rings is 1. The summed E-state index contributed by atoms with van der Waals surface area (Å²) in [6.07, 6.45) is 1.57. The van der Waals surface area contributed by atoms with E-state index in [-0.39, 0.29) is 0 Å². The van der Waals surface area contributed by atoms with E-state index in [1.807, 2.05) is 0 Å². The molecule has 1 aliphatic heterocycles. The van der Waals surface area contributed by atoms with E-state index in [1.165, 1.54) is 12.0 Å². The lowest BCUT2D eigenvalue weighted by molar-refractivity contribution is 0.118. The van der Waals surface area contributed by atoms with Crippen LogP contribution in [0, 0.1) is 0 Å². The van der Waals surface area contributed by atoms with Crippen LogP contribution in [-0.2, 0) is 4.74 Å². The molecule has 1 heterocycles. The van der Waals surface area contributed by atoms with Gasteiger partial charge in [-0.3, -0.25) is 0 Å². The normalized spacial score (nSPS) is 29.1. The van der Waals surface area contributed by atoms with Gasteiger partial charge in [0.2, 0.25) is 0 Å². The summed E-state index contributed by atoms with van der Waals surface area (Å²) in [5.74, 6) is 0.617. The Balaban J connectivity index is 2.19. The lowest BCUT2D eigenvalue weighted by Gasteiger charge is -2.13. The van der Waals surface area contributed by atoms with Crippen LogP contribution in [0.5, 0.6) is 0 Å². The van der Waals surface area contributed by atoms with Gasteiger partial charge < -0.3 is 4.74 Å². The van der Waals surface area contributed by atoms with E-state index >= 15 is 0 Å². The average molecular weight is 162 g/mol. The molecule has 0 amide bonds. The maximum absolute atomic E-state index is 5.52. The van der Waals surface area contributed by atoms with Crippen LogP contribution in [0.2, 0.25) is 0 Å². The molecular formula is C11H14O. The topological polar surface area (TPSA) is 9.23 Å². The van der Waals surface area contributed by atoms with Crippen LogP contribution in [0.3, 0.4) is 0 Å². The Hall–Kier alpha value is -0.820. The quantitative estimate of drug-likeness (QED) is 0.616. The van der Waals surface area contributed by atoms with Crippen molar-refractivity contribution in [1.29, 1.82) is 0 Å². The van der Waals surface area contributed by atoms with Crippen LogP contribution in [0.15, 0.2) is 30.3 Å². The number of hydrogen-bond donors (Lipinski definition) is 0. The van der Waals surface area contributed by atoms with Crippen molar-refractivity contribution >= 4 is 0 Å². The molecule has 1 saturated heterocycles. The number of hydrogen-bond acceptors (Lipinski definition) is 1. The second-order valence-electron chi connectivity index (χ2n) is 3.38. The maximum atomic E-state index is 5.52. The minimum Gasteiger partial charge on any atom is -0.378 e. The number of ether oxygens (including phenoxy) is 1. The van der Waals surface area contributed by atoms with Gasteiger partial charge in [-0.25, -0.2) is 0 Å². The second-order valence-corrected chi connectivity index (χ2v) is 3.38. The molecule has 1 aromatic carbocycles. The molecule has 0 N–H and O–H groups in total. The van der Waals surface area contributed by atoms with Gasteiger partial charge in [0.1, 0.15) is 0 Å². The van der Waals surface area contributed by atoms with Crippen LogP contribution in [-0.4, -0.2) is 12.7 Å². The molecule has 1 aliphatic rings. The van der Waals surface area contributed by atoms with Gasteiger partial charge in [0, 0.05) is 12.5 Å². The van der Waals surface area contributed by atoms with Gasteiger partial charge in [0.05, 0.1) is 6.10 Å². The predicted octanol–water partition coefficient (Wildman–Crippen LogP) is 2.58. The fraction of sp³-hybridized carbons (Fsp3) is 0.455. The third-order valence-electron chi connectivity index (χ3n) is 2.60. The van der Waals surface area contributed by atoms with Gasteiger partial charge in [0.15, 0.2) is 0 Å². The summed E-state index contributed by atoms with van der Waals surface area (Å²) in [7, 11) is 0. The zero-order valence-corrected chi connectivity index (χ0v) is 7.36. The lowest BCUT2D eigenvalue weighted by Crippen LogP contribution is -2.08. The van der Waals surface area contributed by atoms with Crippen molar-refractivity contribution in [1.82, 2.24) is 0 Å². The van der Waals surface area contributed by atoms with E-state index in [4.69, 9.17) is 4.74 Å². The molecule has 1 fully saturated rings. The Morgan fingerprint density at radius 2 is 2.00 bits per heavy atom. The van der Waals surface area contributed by atoms with Crippen molar-refractivity contribution in [2.75, 3.05) is 6.61 Å². The van der Waals surface area contributed by atoms with E-state index in [1.54, 1.807) is 0 Å². The van der Waals surface area contributed by atoms with Gasteiger partial charge in [-0.05, 0) is 18.9 Å². The first-order valence-corrected chi connectivity index (χ1v) is 4.54. The van der Waals surface area contributed by atoms with Crippen LogP contribution in [0.1, 0.15) is 24.8 Å². The molecule has 0 unspecified atom stereocenters.